The van der Waals surface area contributed by atoms with Crippen molar-refractivity contribution >= 4 is 32.9 Å². The molecule has 1 N–H and O–H groups in total. The zero-order valence-electron chi connectivity index (χ0n) is 12.0. The number of sulfone groups is 1. The summed E-state index contributed by atoms with van der Waals surface area (Å²) < 4.78 is 23.4. The fraction of sp³-hybridized carbons (Fsp3) is 0.615. The van der Waals surface area contributed by atoms with Gasteiger partial charge < -0.3 is 10.2 Å². The lowest BCUT2D eigenvalue weighted by atomic mass is 10.1. The fourth-order valence-electron chi connectivity index (χ4n) is 2.06. The predicted molar refractivity (Wildman–Crippen MR) is 82.1 cm³/mol. The topological polar surface area (TPSA) is 66.5 Å². The smallest absolute Gasteiger partial charge is 0.321 e. The molecule has 5 nitrogen and oxygen atoms in total. The lowest BCUT2D eigenvalue weighted by Crippen LogP contribution is -2.37. The van der Waals surface area contributed by atoms with Crippen LogP contribution in [0.3, 0.4) is 0 Å². The number of anilines is 1. The summed E-state index contributed by atoms with van der Waals surface area (Å²) in [5.41, 5.74) is 1.82. The first-order valence-corrected chi connectivity index (χ1v) is 9.13. The third kappa shape index (κ3) is 2.98. The number of nitrogens with zero attached hydrogens (tertiary/aromatic N) is 1. The summed E-state index contributed by atoms with van der Waals surface area (Å²) in [7, 11) is -3.15. The number of carbonyl (C=O) groups excluding carboxylic acids is 1. The molecular weight excluding hydrogens is 296 g/mol. The third-order valence-electron chi connectivity index (χ3n) is 3.84. The van der Waals surface area contributed by atoms with Crippen LogP contribution in [0, 0.1) is 6.92 Å². The van der Waals surface area contributed by atoms with E-state index in [-0.39, 0.29) is 18.3 Å². The average Bonchev–Trinajstić information content (AvgIpc) is 2.69. The molecule has 0 unspecified atom stereocenters. The van der Waals surface area contributed by atoms with Gasteiger partial charge in [0.25, 0.3) is 0 Å². The van der Waals surface area contributed by atoms with Gasteiger partial charge in [-0.25, -0.2) is 13.2 Å². The van der Waals surface area contributed by atoms with Gasteiger partial charge in [-0.3, -0.25) is 0 Å². The lowest BCUT2D eigenvalue weighted by molar-refractivity contribution is 0.214. The Hall–Kier alpha value is -1.08. The maximum absolute atomic E-state index is 12.2. The van der Waals surface area contributed by atoms with Crippen LogP contribution in [-0.4, -0.2) is 42.9 Å². The Bertz CT molecular complexity index is 605. The highest BCUT2D eigenvalue weighted by Gasteiger charge is 2.37. The van der Waals surface area contributed by atoms with E-state index < -0.39 is 14.6 Å². The molecule has 0 radical (unpaired) electrons. The molecule has 2 amide bonds. The van der Waals surface area contributed by atoms with Crippen molar-refractivity contribution < 1.29 is 13.2 Å². The van der Waals surface area contributed by atoms with Crippen LogP contribution in [0.2, 0.25) is 0 Å². The largest absolute Gasteiger partial charge is 0.323 e. The van der Waals surface area contributed by atoms with Crippen molar-refractivity contribution in [2.24, 2.45) is 0 Å². The number of aryl methyl sites for hydroxylation is 1. The van der Waals surface area contributed by atoms with Crippen molar-refractivity contribution in [2.45, 2.75) is 31.9 Å². The molecule has 1 aromatic rings. The molecule has 20 heavy (non-hydrogen) atoms. The predicted octanol–water partition coefficient (Wildman–Crippen LogP) is 2.49. The van der Waals surface area contributed by atoms with Gasteiger partial charge in [0.1, 0.15) is 0 Å². The Labute approximate surface area is 123 Å². The molecule has 0 spiro atoms. The average molecular weight is 316 g/mol. The monoisotopic (exact) mass is 316 g/mol. The van der Waals surface area contributed by atoms with Gasteiger partial charge in [0, 0.05) is 18.5 Å². The minimum Gasteiger partial charge on any atom is -0.323 e. The van der Waals surface area contributed by atoms with Gasteiger partial charge in [0.15, 0.2) is 9.84 Å². The first-order valence-electron chi connectivity index (χ1n) is 6.54. The SMILES string of the molecule is Cc1cscc1NC(=O)N1CCC(C)(C)S(=O)(=O)CC1. The van der Waals surface area contributed by atoms with Crippen LogP contribution in [0.5, 0.6) is 0 Å². The molecule has 0 saturated carbocycles. The van der Waals surface area contributed by atoms with E-state index in [1.54, 1.807) is 18.7 Å². The highest BCUT2D eigenvalue weighted by atomic mass is 32.2. The number of nitrogens with one attached hydrogen (secondary N) is 1. The van der Waals surface area contributed by atoms with Gasteiger partial charge in [0.2, 0.25) is 0 Å². The molecule has 1 aromatic heterocycles. The van der Waals surface area contributed by atoms with Crippen molar-refractivity contribution in [1.29, 1.82) is 0 Å². The van der Waals surface area contributed by atoms with Gasteiger partial charge >= 0.3 is 6.03 Å². The van der Waals surface area contributed by atoms with E-state index in [1.165, 1.54) is 11.3 Å². The fourth-order valence-corrected chi connectivity index (χ4v) is 4.26. The Kier molecular flexibility index (Phi) is 4.11. The van der Waals surface area contributed by atoms with Crippen LogP contribution < -0.4 is 5.32 Å². The second kappa shape index (κ2) is 5.37. The highest BCUT2D eigenvalue weighted by Crippen LogP contribution is 2.26. The second-order valence-corrected chi connectivity index (χ2v) is 9.20. The Morgan fingerprint density at radius 1 is 1.35 bits per heavy atom. The minimum atomic E-state index is -3.15. The van der Waals surface area contributed by atoms with Crippen LogP contribution in [0.25, 0.3) is 0 Å². The molecule has 2 heterocycles. The molecule has 0 atom stereocenters. The number of urea groups is 1. The summed E-state index contributed by atoms with van der Waals surface area (Å²) in [4.78, 5) is 13.8. The van der Waals surface area contributed by atoms with E-state index in [1.807, 2.05) is 17.7 Å². The lowest BCUT2D eigenvalue weighted by Gasteiger charge is -2.22. The van der Waals surface area contributed by atoms with Gasteiger partial charge in [-0.05, 0) is 38.1 Å². The maximum Gasteiger partial charge on any atom is 0.321 e. The molecule has 2 rings (SSSR count). The quantitative estimate of drug-likeness (QED) is 0.865. The molecule has 7 heteroatoms. The van der Waals surface area contributed by atoms with Crippen LogP contribution >= 0.6 is 11.3 Å². The first kappa shape index (κ1) is 15.3. The Balaban J connectivity index is 2.08. The van der Waals surface area contributed by atoms with E-state index in [0.29, 0.717) is 13.0 Å². The zero-order chi connectivity index (χ0) is 15.0. The van der Waals surface area contributed by atoms with Gasteiger partial charge in [-0.1, -0.05) is 0 Å². The molecule has 1 fully saturated rings. The number of rotatable bonds is 1. The van der Waals surface area contributed by atoms with Crippen LogP contribution in [-0.2, 0) is 9.84 Å². The number of hydrogen-bond donors (Lipinski definition) is 1. The van der Waals surface area contributed by atoms with Crippen LogP contribution in [0.4, 0.5) is 10.5 Å². The molecule has 0 aliphatic carbocycles. The van der Waals surface area contributed by atoms with Crippen LogP contribution in [0.1, 0.15) is 25.8 Å². The third-order valence-corrected chi connectivity index (χ3v) is 7.31. The summed E-state index contributed by atoms with van der Waals surface area (Å²) in [6.45, 7) is 6.10. The number of hydrogen-bond acceptors (Lipinski definition) is 4. The van der Waals surface area contributed by atoms with E-state index in [2.05, 4.69) is 5.32 Å². The van der Waals surface area contributed by atoms with E-state index in [9.17, 15) is 13.2 Å². The first-order chi connectivity index (χ1) is 9.23. The summed E-state index contributed by atoms with van der Waals surface area (Å²) in [6, 6.07) is -0.223. The summed E-state index contributed by atoms with van der Waals surface area (Å²) in [5.74, 6) is 0.0238. The molecule has 112 valence electrons. The summed E-state index contributed by atoms with van der Waals surface area (Å²) >= 11 is 1.53. The van der Waals surface area contributed by atoms with Crippen molar-refractivity contribution in [1.82, 2.24) is 4.90 Å². The zero-order valence-corrected chi connectivity index (χ0v) is 13.6. The summed E-state index contributed by atoms with van der Waals surface area (Å²) in [5, 5.41) is 6.69. The Morgan fingerprint density at radius 3 is 2.65 bits per heavy atom. The summed E-state index contributed by atoms with van der Waals surface area (Å²) in [6.07, 6.45) is 0.464. The van der Waals surface area contributed by atoms with E-state index in [4.69, 9.17) is 0 Å². The normalized spacial score (nSPS) is 21.2. The van der Waals surface area contributed by atoms with Crippen molar-refractivity contribution in [3.8, 4) is 0 Å². The molecule has 1 saturated heterocycles. The molecule has 1 aliphatic rings. The standard InChI is InChI=1S/C13H20N2O3S2/c1-10-8-19-9-11(10)14-12(16)15-5-4-13(2,3)20(17,18)7-6-15/h8-9H,4-7H2,1-3H3,(H,14,16). The molecule has 0 aromatic carbocycles. The van der Waals surface area contributed by atoms with Crippen LogP contribution in [0.15, 0.2) is 10.8 Å². The molecule has 0 bridgehead atoms. The van der Waals surface area contributed by atoms with Crippen molar-refractivity contribution in [2.75, 3.05) is 24.2 Å². The number of thiophene rings is 1. The van der Waals surface area contributed by atoms with Gasteiger partial charge in [0.05, 0.1) is 16.2 Å². The Morgan fingerprint density at radius 2 is 2.05 bits per heavy atom. The van der Waals surface area contributed by atoms with Crippen molar-refractivity contribution in [3.63, 3.8) is 0 Å². The molecular formula is C13H20N2O3S2. The maximum atomic E-state index is 12.2. The molecule has 1 aliphatic heterocycles. The minimum absolute atomic E-state index is 0.0238. The number of carbonyl (C=O) groups is 1. The van der Waals surface area contributed by atoms with Gasteiger partial charge in [-0.2, -0.15) is 0 Å². The number of amides is 2. The van der Waals surface area contributed by atoms with E-state index >= 15 is 0 Å². The van der Waals surface area contributed by atoms with Gasteiger partial charge in [-0.15, -0.1) is 11.3 Å². The highest BCUT2D eigenvalue weighted by molar-refractivity contribution is 7.92. The van der Waals surface area contributed by atoms with E-state index in [0.717, 1.165) is 11.3 Å². The van der Waals surface area contributed by atoms with Crippen molar-refractivity contribution in [3.05, 3.63) is 16.3 Å². The second-order valence-electron chi connectivity index (χ2n) is 5.71.